The van der Waals surface area contributed by atoms with E-state index in [4.69, 9.17) is 11.5 Å². The molecular weight excluding hydrogens is 591 g/mol. The summed E-state index contributed by atoms with van der Waals surface area (Å²) in [5, 5.41) is 6.64. The van der Waals surface area contributed by atoms with Crippen molar-refractivity contribution in [2.45, 2.75) is 67.5 Å². The molecule has 2 aromatic carbocycles. The number of hydrogen-bond donors (Lipinski definition) is 4. The minimum absolute atomic E-state index is 0. The molecule has 0 saturated heterocycles. The van der Waals surface area contributed by atoms with Crippen molar-refractivity contribution in [2.75, 3.05) is 35.2 Å². The molecule has 0 radical (unpaired) electrons. The van der Waals surface area contributed by atoms with Gasteiger partial charge in [-0.2, -0.15) is 14.4 Å². The summed E-state index contributed by atoms with van der Waals surface area (Å²) in [6.07, 6.45) is 6.35. The maximum Gasteiger partial charge on any atom is 0.222 e. The highest BCUT2D eigenvalue weighted by atomic mass is 19.1. The van der Waals surface area contributed by atoms with Crippen LogP contribution in [0.4, 0.5) is 27.9 Å². The average molecular weight is 641 g/mol. The smallest absolute Gasteiger partial charge is 0.222 e. The lowest BCUT2D eigenvalue weighted by Crippen LogP contribution is -2.10. The van der Waals surface area contributed by atoms with E-state index in [1.54, 1.807) is 4.57 Å². The number of benzene rings is 2. The van der Waals surface area contributed by atoms with Crippen LogP contribution in [0.3, 0.4) is 0 Å². The quantitative estimate of drug-likeness (QED) is 0.0989. The van der Waals surface area contributed by atoms with E-state index in [0.29, 0.717) is 29.3 Å². The minimum atomic E-state index is -0.345. The van der Waals surface area contributed by atoms with E-state index in [2.05, 4.69) is 73.2 Å². The molecule has 4 heterocycles. The number of hydrogen-bond acceptors (Lipinski definition) is 8. The Kier molecular flexibility index (Phi) is 13.5. The fourth-order valence-electron chi connectivity index (χ4n) is 5.13. The van der Waals surface area contributed by atoms with Gasteiger partial charge in [-0.1, -0.05) is 102 Å². The van der Waals surface area contributed by atoms with Gasteiger partial charge < -0.3 is 31.2 Å². The number of anilines is 4. The highest BCUT2D eigenvalue weighted by Gasteiger charge is 2.16. The van der Waals surface area contributed by atoms with Gasteiger partial charge in [0, 0.05) is 31.9 Å². The fraction of sp³-hybridized carbons (Fsp3) is 0.333. The molecular formula is C36H49FN10. The third-order valence-corrected chi connectivity index (χ3v) is 7.36. The van der Waals surface area contributed by atoms with E-state index in [9.17, 15) is 4.39 Å². The molecule has 6 aromatic rings. The zero-order valence-electron chi connectivity index (χ0n) is 25.9. The van der Waals surface area contributed by atoms with Crippen LogP contribution in [-0.2, 0) is 13.1 Å². The second-order valence-corrected chi connectivity index (χ2v) is 10.9. The van der Waals surface area contributed by atoms with Gasteiger partial charge in [-0.15, -0.1) is 0 Å². The van der Waals surface area contributed by atoms with E-state index >= 15 is 0 Å². The maximum atomic E-state index is 14.4. The van der Waals surface area contributed by atoms with Gasteiger partial charge in [0.15, 0.2) is 17.6 Å². The van der Waals surface area contributed by atoms with Gasteiger partial charge in [0.1, 0.15) is 11.0 Å². The van der Waals surface area contributed by atoms with Crippen LogP contribution in [0.15, 0.2) is 79.0 Å². The Labute approximate surface area is 277 Å². The highest BCUT2D eigenvalue weighted by molar-refractivity contribution is 5.88. The SMILES string of the molecule is C.C.CCCCNc1nc(N)nc2cc(F)n(Cc3ccccc3)c12.CCCCNc1nc(N)nc2ccn(Cc3ccccc3)c12. The number of nitrogens with one attached hydrogen (secondary N) is 2. The number of nitrogens with zero attached hydrogens (tertiary/aromatic N) is 6. The lowest BCUT2D eigenvalue weighted by atomic mass is 10.2. The van der Waals surface area contributed by atoms with Crippen molar-refractivity contribution in [3.05, 3.63) is 96.1 Å². The summed E-state index contributed by atoms with van der Waals surface area (Å²) in [6.45, 7) is 7.15. The van der Waals surface area contributed by atoms with Crippen LogP contribution in [0, 0.1) is 5.95 Å². The highest BCUT2D eigenvalue weighted by Crippen LogP contribution is 2.26. The molecule has 6 N–H and O–H groups in total. The number of halogens is 1. The lowest BCUT2D eigenvalue weighted by Gasteiger charge is -2.11. The minimum Gasteiger partial charge on any atom is -0.368 e. The maximum absolute atomic E-state index is 14.4. The second kappa shape index (κ2) is 17.5. The van der Waals surface area contributed by atoms with Crippen molar-refractivity contribution in [3.8, 4) is 0 Å². The van der Waals surface area contributed by atoms with Gasteiger partial charge in [-0.05, 0) is 30.0 Å². The van der Waals surface area contributed by atoms with E-state index in [1.165, 1.54) is 11.6 Å². The van der Waals surface area contributed by atoms with E-state index in [-0.39, 0.29) is 26.7 Å². The molecule has 4 aromatic heterocycles. The van der Waals surface area contributed by atoms with Crippen molar-refractivity contribution in [3.63, 3.8) is 0 Å². The van der Waals surface area contributed by atoms with Crippen LogP contribution < -0.4 is 22.1 Å². The summed E-state index contributed by atoms with van der Waals surface area (Å²) in [7, 11) is 0. The van der Waals surface area contributed by atoms with Gasteiger partial charge in [0.05, 0.1) is 17.6 Å². The van der Waals surface area contributed by atoms with Crippen LogP contribution in [0.2, 0.25) is 0 Å². The zero-order chi connectivity index (χ0) is 31.6. The number of rotatable bonds is 12. The third kappa shape index (κ3) is 9.18. The average Bonchev–Trinajstić information content (AvgIpc) is 3.58. The Balaban J connectivity index is 0.000000245. The Hall–Kier alpha value is -5.19. The summed E-state index contributed by atoms with van der Waals surface area (Å²) in [4.78, 5) is 17.1. The predicted octanol–water partition coefficient (Wildman–Crippen LogP) is 7.96. The van der Waals surface area contributed by atoms with E-state index in [1.807, 2.05) is 48.7 Å². The van der Waals surface area contributed by atoms with E-state index in [0.717, 1.165) is 67.7 Å². The van der Waals surface area contributed by atoms with Crippen molar-refractivity contribution in [1.82, 2.24) is 29.1 Å². The van der Waals surface area contributed by atoms with Gasteiger partial charge in [-0.3, -0.25) is 0 Å². The molecule has 0 aliphatic carbocycles. The monoisotopic (exact) mass is 640 g/mol. The normalized spacial score (nSPS) is 10.5. The van der Waals surface area contributed by atoms with Crippen molar-refractivity contribution in [2.24, 2.45) is 0 Å². The Bertz CT molecular complexity index is 1820. The van der Waals surface area contributed by atoms with Crippen LogP contribution in [-0.4, -0.2) is 42.2 Å². The molecule has 0 saturated carbocycles. The molecule has 0 aliphatic rings. The van der Waals surface area contributed by atoms with Crippen molar-refractivity contribution < 1.29 is 4.39 Å². The zero-order valence-corrected chi connectivity index (χ0v) is 25.9. The molecule has 0 bridgehead atoms. The molecule has 0 atom stereocenters. The first-order valence-electron chi connectivity index (χ1n) is 15.5. The first-order valence-corrected chi connectivity index (χ1v) is 15.5. The van der Waals surface area contributed by atoms with Gasteiger partial charge in [0.25, 0.3) is 0 Å². The lowest BCUT2D eigenvalue weighted by molar-refractivity contribution is 0.524. The molecule has 0 unspecified atom stereocenters. The van der Waals surface area contributed by atoms with E-state index < -0.39 is 0 Å². The standard InChI is InChI=1S/C17H20FN5.C17H21N5.2CH4/c1-2-3-9-20-16-15-13(21-17(19)22-16)10-14(18)23(15)11-12-7-5-4-6-8-12;1-2-3-10-19-16-15-14(20-17(18)21-16)9-11-22(15)12-13-7-5-4-6-8-13;;/h4-8,10H,2-3,9,11H2,1H3,(H3,19,20,21,22);4-9,11H,2-3,10,12H2,1H3,(H3,18,19,20,21);2*1H4. The van der Waals surface area contributed by atoms with Crippen LogP contribution in [0.25, 0.3) is 22.1 Å². The molecule has 0 amide bonds. The van der Waals surface area contributed by atoms with Crippen molar-refractivity contribution in [1.29, 1.82) is 0 Å². The van der Waals surface area contributed by atoms with Crippen molar-refractivity contribution >= 4 is 45.6 Å². The molecule has 10 nitrogen and oxygen atoms in total. The molecule has 250 valence electrons. The Morgan fingerprint density at radius 2 is 1.17 bits per heavy atom. The van der Waals surface area contributed by atoms with Crippen LogP contribution in [0.1, 0.15) is 65.5 Å². The van der Waals surface area contributed by atoms with Gasteiger partial charge in [0.2, 0.25) is 11.9 Å². The number of nitrogens with two attached hydrogens (primary N) is 2. The number of nitrogen functional groups attached to an aromatic ring is 2. The number of aromatic nitrogens is 6. The third-order valence-electron chi connectivity index (χ3n) is 7.36. The summed E-state index contributed by atoms with van der Waals surface area (Å²) >= 11 is 0. The summed E-state index contributed by atoms with van der Waals surface area (Å²) in [5.74, 6) is 1.51. The number of unbranched alkanes of at least 4 members (excludes halogenated alkanes) is 2. The molecule has 0 aliphatic heterocycles. The molecule has 0 spiro atoms. The van der Waals surface area contributed by atoms with Gasteiger partial charge >= 0.3 is 0 Å². The Morgan fingerprint density at radius 1 is 0.660 bits per heavy atom. The number of fused-ring (bicyclic) bond motifs is 2. The van der Waals surface area contributed by atoms with Crippen LogP contribution >= 0.6 is 0 Å². The van der Waals surface area contributed by atoms with Crippen LogP contribution in [0.5, 0.6) is 0 Å². The topological polar surface area (TPSA) is 138 Å². The predicted molar refractivity (Wildman–Crippen MR) is 195 cm³/mol. The molecule has 11 heteroatoms. The summed E-state index contributed by atoms with van der Waals surface area (Å²) in [6, 6.07) is 23.5. The largest absolute Gasteiger partial charge is 0.368 e. The first kappa shape index (κ1) is 36.3. The summed E-state index contributed by atoms with van der Waals surface area (Å²) < 4.78 is 18.2. The van der Waals surface area contributed by atoms with Gasteiger partial charge in [-0.25, -0.2) is 9.97 Å². The second-order valence-electron chi connectivity index (χ2n) is 10.9. The summed E-state index contributed by atoms with van der Waals surface area (Å²) in [5.41, 5.74) is 16.9. The first-order chi connectivity index (χ1) is 22.0. The molecule has 0 fully saturated rings. The Morgan fingerprint density at radius 3 is 1.72 bits per heavy atom. The molecule has 6 rings (SSSR count). The molecule has 47 heavy (non-hydrogen) atoms. The fourth-order valence-corrected chi connectivity index (χ4v) is 5.13.